The van der Waals surface area contributed by atoms with Crippen LogP contribution in [0.3, 0.4) is 0 Å². The van der Waals surface area contributed by atoms with Crippen LogP contribution in [0.4, 0.5) is 5.13 Å². The maximum Gasteiger partial charge on any atom is 0.226 e. The average molecular weight is 421 g/mol. The second-order valence-electron chi connectivity index (χ2n) is 6.58. The number of rotatable bonds is 6. The van der Waals surface area contributed by atoms with Crippen LogP contribution in [0.15, 0.2) is 72.1 Å². The van der Waals surface area contributed by atoms with Crippen LogP contribution in [0.2, 0.25) is 5.02 Å². The van der Waals surface area contributed by atoms with Gasteiger partial charge in [0.1, 0.15) is 0 Å². The van der Waals surface area contributed by atoms with Crippen molar-refractivity contribution < 1.29 is 9.59 Å². The van der Waals surface area contributed by atoms with Gasteiger partial charge in [-0.3, -0.25) is 9.59 Å². The quantitative estimate of drug-likeness (QED) is 0.377. The van der Waals surface area contributed by atoms with Crippen molar-refractivity contribution in [2.45, 2.75) is 12.8 Å². The van der Waals surface area contributed by atoms with E-state index in [1.165, 1.54) is 16.7 Å². The van der Waals surface area contributed by atoms with Crippen LogP contribution in [0.25, 0.3) is 22.0 Å². The van der Waals surface area contributed by atoms with Gasteiger partial charge < -0.3 is 5.32 Å². The second kappa shape index (κ2) is 8.55. The van der Waals surface area contributed by atoms with Crippen molar-refractivity contribution in [3.05, 3.63) is 82.7 Å². The van der Waals surface area contributed by atoms with Gasteiger partial charge in [0.15, 0.2) is 10.9 Å². The van der Waals surface area contributed by atoms with E-state index < -0.39 is 0 Å². The van der Waals surface area contributed by atoms with E-state index in [0.29, 0.717) is 15.7 Å². The summed E-state index contributed by atoms with van der Waals surface area (Å²) in [4.78, 5) is 28.9. The number of Topliss-reactive ketones (excluding diaryl/α,β-unsaturated/α-hetero) is 1. The average Bonchev–Trinajstić information content (AvgIpc) is 3.20. The lowest BCUT2D eigenvalue weighted by molar-refractivity contribution is -0.116. The maximum absolute atomic E-state index is 12.2. The zero-order valence-electron chi connectivity index (χ0n) is 15.4. The molecule has 29 heavy (non-hydrogen) atoms. The van der Waals surface area contributed by atoms with Gasteiger partial charge in [-0.1, -0.05) is 48.0 Å². The molecule has 6 heteroatoms. The van der Waals surface area contributed by atoms with Gasteiger partial charge in [0, 0.05) is 34.4 Å². The number of fused-ring (bicyclic) bond motifs is 1. The third-order valence-electron chi connectivity index (χ3n) is 4.54. The minimum atomic E-state index is -0.230. The van der Waals surface area contributed by atoms with Gasteiger partial charge in [-0.05, 0) is 41.1 Å². The van der Waals surface area contributed by atoms with E-state index in [2.05, 4.69) is 34.6 Å². The Morgan fingerprint density at radius 1 is 0.931 bits per heavy atom. The van der Waals surface area contributed by atoms with E-state index in [4.69, 9.17) is 11.6 Å². The Hall–Kier alpha value is -3.02. The smallest absolute Gasteiger partial charge is 0.226 e. The molecule has 0 aliphatic rings. The monoisotopic (exact) mass is 420 g/mol. The summed E-state index contributed by atoms with van der Waals surface area (Å²) in [7, 11) is 0. The minimum absolute atomic E-state index is 0.0900. The first-order valence-corrected chi connectivity index (χ1v) is 10.4. The number of hydrogen-bond donors (Lipinski definition) is 1. The van der Waals surface area contributed by atoms with Crippen molar-refractivity contribution in [3.63, 3.8) is 0 Å². The van der Waals surface area contributed by atoms with Crippen molar-refractivity contribution in [1.29, 1.82) is 0 Å². The van der Waals surface area contributed by atoms with Gasteiger partial charge >= 0.3 is 0 Å². The molecule has 1 N–H and O–H groups in total. The molecule has 0 aliphatic heterocycles. The van der Waals surface area contributed by atoms with Crippen LogP contribution in [-0.4, -0.2) is 16.7 Å². The number of halogens is 1. The fraction of sp³-hybridized carbons (Fsp3) is 0.0870. The third-order valence-corrected chi connectivity index (χ3v) is 5.55. The molecule has 4 aromatic rings. The van der Waals surface area contributed by atoms with E-state index in [1.54, 1.807) is 24.3 Å². The highest BCUT2D eigenvalue weighted by Gasteiger charge is 2.12. The molecule has 0 unspecified atom stereocenters. The van der Waals surface area contributed by atoms with E-state index in [0.717, 1.165) is 16.6 Å². The standard InChI is InChI=1S/C23H17ClN2O2S/c24-19-9-7-16(8-10-19)21(27)11-12-22(28)26-23-25-20(14-29-23)18-6-5-15-3-1-2-4-17(15)13-18/h1-10,13-14H,11-12H2,(H,25,26,28). The Balaban J connectivity index is 1.37. The summed E-state index contributed by atoms with van der Waals surface area (Å²) in [6.07, 6.45) is 0.239. The van der Waals surface area contributed by atoms with Gasteiger partial charge in [0.25, 0.3) is 0 Å². The molecular formula is C23H17ClN2O2S. The lowest BCUT2D eigenvalue weighted by atomic mass is 10.1. The second-order valence-corrected chi connectivity index (χ2v) is 7.87. The van der Waals surface area contributed by atoms with Crippen LogP contribution in [-0.2, 0) is 4.79 Å². The molecule has 1 heterocycles. The highest BCUT2D eigenvalue weighted by Crippen LogP contribution is 2.28. The normalized spacial score (nSPS) is 10.8. The first kappa shape index (κ1) is 19.3. The largest absolute Gasteiger partial charge is 0.302 e. The fourth-order valence-corrected chi connectivity index (χ4v) is 3.86. The summed E-state index contributed by atoms with van der Waals surface area (Å²) in [5, 5.41) is 8.11. The molecular weight excluding hydrogens is 404 g/mol. The molecule has 3 aromatic carbocycles. The van der Waals surface area contributed by atoms with E-state index in [9.17, 15) is 9.59 Å². The Morgan fingerprint density at radius 2 is 1.69 bits per heavy atom. The number of nitrogens with one attached hydrogen (secondary N) is 1. The molecule has 0 saturated carbocycles. The van der Waals surface area contributed by atoms with Crippen LogP contribution in [0, 0.1) is 0 Å². The first-order chi connectivity index (χ1) is 14.1. The summed E-state index contributed by atoms with van der Waals surface area (Å²) < 4.78 is 0. The predicted molar refractivity (Wildman–Crippen MR) is 119 cm³/mol. The van der Waals surface area contributed by atoms with E-state index in [-0.39, 0.29) is 24.5 Å². The number of aromatic nitrogens is 1. The zero-order valence-corrected chi connectivity index (χ0v) is 17.0. The van der Waals surface area contributed by atoms with Gasteiger partial charge in [0.05, 0.1) is 5.69 Å². The Bertz CT molecular complexity index is 1180. The molecule has 4 rings (SSSR count). The Kier molecular flexibility index (Phi) is 5.69. The van der Waals surface area contributed by atoms with Crippen LogP contribution >= 0.6 is 22.9 Å². The van der Waals surface area contributed by atoms with Gasteiger partial charge in [-0.2, -0.15) is 0 Å². The zero-order chi connectivity index (χ0) is 20.2. The van der Waals surface area contributed by atoms with Crippen molar-refractivity contribution in [1.82, 2.24) is 4.98 Å². The summed E-state index contributed by atoms with van der Waals surface area (Å²) in [6.45, 7) is 0. The van der Waals surface area contributed by atoms with Gasteiger partial charge in [-0.25, -0.2) is 4.98 Å². The van der Waals surface area contributed by atoms with Crippen LogP contribution in [0.5, 0.6) is 0 Å². The van der Waals surface area contributed by atoms with Crippen molar-refractivity contribution >= 4 is 50.5 Å². The van der Waals surface area contributed by atoms with Gasteiger partial charge in [-0.15, -0.1) is 11.3 Å². The Labute approximate surface area is 177 Å². The molecule has 144 valence electrons. The number of anilines is 1. The van der Waals surface area contributed by atoms with Crippen molar-refractivity contribution in [2.24, 2.45) is 0 Å². The molecule has 0 bridgehead atoms. The molecule has 0 radical (unpaired) electrons. The number of hydrogen-bond acceptors (Lipinski definition) is 4. The number of carbonyl (C=O) groups excluding carboxylic acids is 2. The van der Waals surface area contributed by atoms with E-state index >= 15 is 0 Å². The minimum Gasteiger partial charge on any atom is -0.302 e. The molecule has 4 nitrogen and oxygen atoms in total. The molecule has 1 aromatic heterocycles. The molecule has 0 aliphatic carbocycles. The Morgan fingerprint density at radius 3 is 2.48 bits per heavy atom. The van der Waals surface area contributed by atoms with Crippen molar-refractivity contribution in [3.8, 4) is 11.3 Å². The lowest BCUT2D eigenvalue weighted by Gasteiger charge is -2.03. The summed E-state index contributed by atoms with van der Waals surface area (Å²) >= 11 is 7.20. The van der Waals surface area contributed by atoms with Crippen LogP contribution in [0.1, 0.15) is 23.2 Å². The molecule has 0 atom stereocenters. The molecule has 0 saturated heterocycles. The topological polar surface area (TPSA) is 59.1 Å². The highest BCUT2D eigenvalue weighted by molar-refractivity contribution is 7.14. The highest BCUT2D eigenvalue weighted by atomic mass is 35.5. The van der Waals surface area contributed by atoms with Crippen LogP contribution < -0.4 is 5.32 Å². The SMILES string of the molecule is O=C(CCC(=O)c1ccc(Cl)cc1)Nc1nc(-c2ccc3ccccc3c2)cs1. The third kappa shape index (κ3) is 4.70. The number of carbonyl (C=O) groups is 2. The molecule has 0 fully saturated rings. The predicted octanol–water partition coefficient (Wildman–Crippen LogP) is 6.22. The number of benzene rings is 3. The molecule has 0 spiro atoms. The summed E-state index contributed by atoms with van der Waals surface area (Å²) in [6, 6.07) is 21.0. The lowest BCUT2D eigenvalue weighted by Crippen LogP contribution is -2.13. The maximum atomic E-state index is 12.2. The fourth-order valence-electron chi connectivity index (χ4n) is 3.00. The number of nitrogens with zero attached hydrogens (tertiary/aromatic N) is 1. The van der Waals surface area contributed by atoms with Crippen molar-refractivity contribution in [2.75, 3.05) is 5.32 Å². The van der Waals surface area contributed by atoms with Gasteiger partial charge in [0.2, 0.25) is 5.91 Å². The van der Waals surface area contributed by atoms with E-state index in [1.807, 2.05) is 23.6 Å². The number of thiazole rings is 1. The first-order valence-electron chi connectivity index (χ1n) is 9.12. The number of amides is 1. The summed E-state index contributed by atoms with van der Waals surface area (Å²) in [5.41, 5.74) is 2.36. The number of ketones is 1. The molecule has 1 amide bonds. The summed E-state index contributed by atoms with van der Waals surface area (Å²) in [5.74, 6) is -0.320.